The SMILES string of the molecule is CC(=O)Oc1cccc(NC(=O)N2CCC(C(N)=O)CC2)c1. The van der Waals surface area contributed by atoms with Crippen molar-refractivity contribution in [3.05, 3.63) is 24.3 Å². The van der Waals surface area contributed by atoms with Gasteiger partial charge >= 0.3 is 12.0 Å². The molecule has 0 spiro atoms. The molecule has 3 amide bonds. The standard InChI is InChI=1S/C15H19N3O4/c1-10(19)22-13-4-2-3-12(9-13)17-15(21)18-7-5-11(6-8-18)14(16)20/h2-4,9,11H,5-8H2,1H3,(H2,16,20)(H,17,21). The van der Waals surface area contributed by atoms with Gasteiger partial charge in [-0.2, -0.15) is 0 Å². The summed E-state index contributed by atoms with van der Waals surface area (Å²) in [6.07, 6.45) is 1.16. The third kappa shape index (κ3) is 4.21. The van der Waals surface area contributed by atoms with Gasteiger partial charge in [-0.05, 0) is 25.0 Å². The summed E-state index contributed by atoms with van der Waals surface area (Å²) in [5.41, 5.74) is 5.81. The van der Waals surface area contributed by atoms with Crippen molar-refractivity contribution in [3.63, 3.8) is 0 Å². The van der Waals surface area contributed by atoms with Crippen LogP contribution in [0.5, 0.6) is 5.75 Å². The predicted octanol–water partition coefficient (Wildman–Crippen LogP) is 1.34. The van der Waals surface area contributed by atoms with Crippen LogP contribution >= 0.6 is 0 Å². The fourth-order valence-electron chi connectivity index (χ4n) is 2.37. The van der Waals surface area contributed by atoms with Crippen LogP contribution in [0.25, 0.3) is 0 Å². The number of amides is 3. The molecule has 1 aromatic carbocycles. The molecule has 0 saturated carbocycles. The molecule has 3 N–H and O–H groups in total. The Morgan fingerprint density at radius 3 is 2.55 bits per heavy atom. The number of ether oxygens (including phenoxy) is 1. The van der Waals surface area contributed by atoms with Crippen molar-refractivity contribution in [1.29, 1.82) is 0 Å². The summed E-state index contributed by atoms with van der Waals surface area (Å²) in [5.74, 6) is -0.514. The molecule has 0 aromatic heterocycles. The Kier molecular flexibility index (Phi) is 4.98. The van der Waals surface area contributed by atoms with Gasteiger partial charge in [-0.15, -0.1) is 0 Å². The molecule has 7 heteroatoms. The highest BCUT2D eigenvalue weighted by molar-refractivity contribution is 5.90. The Morgan fingerprint density at radius 1 is 1.27 bits per heavy atom. The van der Waals surface area contributed by atoms with Crippen LogP contribution < -0.4 is 15.8 Å². The van der Waals surface area contributed by atoms with Crippen molar-refractivity contribution in [3.8, 4) is 5.75 Å². The summed E-state index contributed by atoms with van der Waals surface area (Å²) in [7, 11) is 0. The molecule has 0 atom stereocenters. The first kappa shape index (κ1) is 15.8. The Hall–Kier alpha value is -2.57. The monoisotopic (exact) mass is 305 g/mol. The number of nitrogens with one attached hydrogen (secondary N) is 1. The summed E-state index contributed by atoms with van der Waals surface area (Å²) in [6, 6.07) is 6.36. The van der Waals surface area contributed by atoms with Crippen molar-refractivity contribution < 1.29 is 19.1 Å². The molecule has 0 aliphatic carbocycles. The number of likely N-dealkylation sites (tertiary alicyclic amines) is 1. The van der Waals surface area contributed by atoms with Crippen LogP contribution in [-0.4, -0.2) is 35.9 Å². The number of esters is 1. The highest BCUT2D eigenvalue weighted by Crippen LogP contribution is 2.20. The van der Waals surface area contributed by atoms with E-state index in [1.807, 2.05) is 0 Å². The Balaban J connectivity index is 1.92. The molecule has 118 valence electrons. The van der Waals surface area contributed by atoms with E-state index in [1.165, 1.54) is 6.92 Å². The number of rotatable bonds is 3. The van der Waals surface area contributed by atoms with Crippen LogP contribution in [0.3, 0.4) is 0 Å². The maximum absolute atomic E-state index is 12.2. The first-order chi connectivity index (χ1) is 10.5. The zero-order chi connectivity index (χ0) is 16.1. The van der Waals surface area contributed by atoms with E-state index in [4.69, 9.17) is 10.5 Å². The number of carbonyl (C=O) groups is 3. The fraction of sp³-hybridized carbons (Fsp3) is 0.400. The van der Waals surface area contributed by atoms with Crippen molar-refractivity contribution in [2.24, 2.45) is 11.7 Å². The Labute approximate surface area is 128 Å². The minimum Gasteiger partial charge on any atom is -0.427 e. The van der Waals surface area contributed by atoms with Gasteiger partial charge in [0.15, 0.2) is 0 Å². The summed E-state index contributed by atoms with van der Waals surface area (Å²) in [6.45, 7) is 2.29. The lowest BCUT2D eigenvalue weighted by Gasteiger charge is -2.30. The van der Waals surface area contributed by atoms with E-state index >= 15 is 0 Å². The van der Waals surface area contributed by atoms with E-state index in [1.54, 1.807) is 29.2 Å². The van der Waals surface area contributed by atoms with Gasteiger partial charge in [0.25, 0.3) is 0 Å². The van der Waals surface area contributed by atoms with Gasteiger partial charge in [-0.1, -0.05) is 6.07 Å². The molecular formula is C15H19N3O4. The Bertz CT molecular complexity index is 580. The largest absolute Gasteiger partial charge is 0.427 e. The molecule has 0 radical (unpaired) electrons. The van der Waals surface area contributed by atoms with Crippen molar-refractivity contribution in [2.45, 2.75) is 19.8 Å². The van der Waals surface area contributed by atoms with Gasteiger partial charge in [-0.3, -0.25) is 9.59 Å². The van der Waals surface area contributed by atoms with Crippen LogP contribution in [0.15, 0.2) is 24.3 Å². The van der Waals surface area contributed by atoms with Crippen LogP contribution in [-0.2, 0) is 9.59 Å². The van der Waals surface area contributed by atoms with Gasteiger partial charge in [0, 0.05) is 37.7 Å². The molecule has 7 nitrogen and oxygen atoms in total. The molecule has 1 saturated heterocycles. The van der Waals surface area contributed by atoms with E-state index in [0.717, 1.165) is 0 Å². The molecule has 0 unspecified atom stereocenters. The number of nitrogens with zero attached hydrogens (tertiary/aromatic N) is 1. The van der Waals surface area contributed by atoms with Gasteiger partial charge < -0.3 is 20.7 Å². The summed E-state index contributed by atoms with van der Waals surface area (Å²) >= 11 is 0. The lowest BCUT2D eigenvalue weighted by Crippen LogP contribution is -2.43. The zero-order valence-corrected chi connectivity index (χ0v) is 12.4. The minimum atomic E-state index is -0.419. The number of hydrogen-bond donors (Lipinski definition) is 2. The normalized spacial score (nSPS) is 15.2. The van der Waals surface area contributed by atoms with Crippen LogP contribution in [0.2, 0.25) is 0 Å². The summed E-state index contributed by atoms with van der Waals surface area (Å²) in [5, 5.41) is 2.75. The van der Waals surface area contributed by atoms with Gasteiger partial charge in [0.1, 0.15) is 5.75 Å². The van der Waals surface area contributed by atoms with Crippen molar-refractivity contribution in [1.82, 2.24) is 4.90 Å². The third-order valence-corrected chi connectivity index (χ3v) is 3.53. The van der Waals surface area contributed by atoms with Gasteiger partial charge in [0.05, 0.1) is 0 Å². The second-order valence-corrected chi connectivity index (χ2v) is 5.22. The van der Waals surface area contributed by atoms with E-state index in [2.05, 4.69) is 5.32 Å². The first-order valence-corrected chi connectivity index (χ1v) is 7.09. The lowest BCUT2D eigenvalue weighted by molar-refractivity contribution is -0.131. The van der Waals surface area contributed by atoms with E-state index in [0.29, 0.717) is 37.4 Å². The summed E-state index contributed by atoms with van der Waals surface area (Å²) in [4.78, 5) is 35.8. The van der Waals surface area contributed by atoms with Gasteiger partial charge in [0.2, 0.25) is 5.91 Å². The molecule has 22 heavy (non-hydrogen) atoms. The smallest absolute Gasteiger partial charge is 0.321 e. The predicted molar refractivity (Wildman–Crippen MR) is 80.3 cm³/mol. The van der Waals surface area contributed by atoms with Crippen LogP contribution in [0.4, 0.5) is 10.5 Å². The van der Waals surface area contributed by atoms with Crippen LogP contribution in [0, 0.1) is 5.92 Å². The third-order valence-electron chi connectivity index (χ3n) is 3.53. The first-order valence-electron chi connectivity index (χ1n) is 7.09. The number of anilines is 1. The molecule has 1 heterocycles. The number of nitrogens with two attached hydrogens (primary N) is 1. The number of hydrogen-bond acceptors (Lipinski definition) is 4. The number of primary amides is 1. The molecule has 1 aliphatic rings. The zero-order valence-electron chi connectivity index (χ0n) is 12.4. The number of urea groups is 1. The molecule has 1 fully saturated rings. The molecule has 2 rings (SSSR count). The van der Waals surface area contributed by atoms with E-state index < -0.39 is 5.97 Å². The highest BCUT2D eigenvalue weighted by atomic mass is 16.5. The lowest BCUT2D eigenvalue weighted by atomic mass is 9.96. The average molecular weight is 305 g/mol. The topological polar surface area (TPSA) is 102 Å². The molecule has 0 bridgehead atoms. The maximum Gasteiger partial charge on any atom is 0.321 e. The number of carbonyl (C=O) groups excluding carboxylic acids is 3. The fourth-order valence-corrected chi connectivity index (χ4v) is 2.37. The summed E-state index contributed by atoms with van der Waals surface area (Å²) < 4.78 is 4.97. The molecule has 1 aromatic rings. The van der Waals surface area contributed by atoms with Crippen molar-refractivity contribution >= 4 is 23.6 Å². The van der Waals surface area contributed by atoms with Gasteiger partial charge in [-0.25, -0.2) is 4.79 Å². The molecular weight excluding hydrogens is 286 g/mol. The Morgan fingerprint density at radius 2 is 1.95 bits per heavy atom. The average Bonchev–Trinajstić information content (AvgIpc) is 2.47. The van der Waals surface area contributed by atoms with Crippen molar-refractivity contribution in [2.75, 3.05) is 18.4 Å². The second kappa shape index (κ2) is 6.93. The minimum absolute atomic E-state index is 0.156. The number of piperidine rings is 1. The second-order valence-electron chi connectivity index (χ2n) is 5.22. The van der Waals surface area contributed by atoms with E-state index in [9.17, 15) is 14.4 Å². The van der Waals surface area contributed by atoms with E-state index in [-0.39, 0.29) is 17.9 Å². The quantitative estimate of drug-likeness (QED) is 0.650. The highest BCUT2D eigenvalue weighted by Gasteiger charge is 2.25. The number of benzene rings is 1. The van der Waals surface area contributed by atoms with Crippen LogP contribution in [0.1, 0.15) is 19.8 Å². The maximum atomic E-state index is 12.2. The molecule has 1 aliphatic heterocycles.